The smallest absolute Gasteiger partial charge is 0.179 e. The number of rotatable bonds is 5. The van der Waals surface area contributed by atoms with Crippen molar-refractivity contribution in [3.63, 3.8) is 0 Å². The zero-order valence-electron chi connectivity index (χ0n) is 10.9. The van der Waals surface area contributed by atoms with Crippen LogP contribution in [0.25, 0.3) is 0 Å². The van der Waals surface area contributed by atoms with Crippen molar-refractivity contribution >= 4 is 5.78 Å². The van der Waals surface area contributed by atoms with Gasteiger partial charge in [0.15, 0.2) is 5.78 Å². The van der Waals surface area contributed by atoms with Crippen LogP contribution in [0.15, 0.2) is 24.3 Å². The number of Topliss-reactive ketones (excluding diaryl/α,β-unsaturated/α-hetero) is 1. The molecule has 1 fully saturated rings. The van der Waals surface area contributed by atoms with Crippen LogP contribution in [0.2, 0.25) is 0 Å². The second-order valence-corrected chi connectivity index (χ2v) is 5.25. The van der Waals surface area contributed by atoms with Gasteiger partial charge in [0.25, 0.3) is 0 Å². The summed E-state index contributed by atoms with van der Waals surface area (Å²) in [5.41, 5.74) is 0.204. The van der Waals surface area contributed by atoms with E-state index >= 15 is 0 Å². The van der Waals surface area contributed by atoms with Gasteiger partial charge in [-0.25, -0.2) is 4.39 Å². The van der Waals surface area contributed by atoms with Gasteiger partial charge in [-0.1, -0.05) is 25.0 Å². The molecule has 0 atom stereocenters. The average molecular weight is 249 g/mol. The van der Waals surface area contributed by atoms with Gasteiger partial charge in [-0.2, -0.15) is 0 Å². The van der Waals surface area contributed by atoms with E-state index in [9.17, 15) is 9.18 Å². The number of halogens is 1. The first kappa shape index (κ1) is 13.2. The van der Waals surface area contributed by atoms with Gasteiger partial charge in [0, 0.05) is 6.54 Å². The molecule has 18 heavy (non-hydrogen) atoms. The van der Waals surface area contributed by atoms with E-state index in [1.165, 1.54) is 31.7 Å². The summed E-state index contributed by atoms with van der Waals surface area (Å²) < 4.78 is 13.5. The zero-order valence-corrected chi connectivity index (χ0v) is 10.9. The number of benzene rings is 1. The Labute approximate surface area is 108 Å². The molecule has 1 aliphatic rings. The quantitative estimate of drug-likeness (QED) is 0.747. The molecule has 0 unspecified atom stereocenters. The van der Waals surface area contributed by atoms with Crippen LogP contribution in [0.3, 0.4) is 0 Å². The van der Waals surface area contributed by atoms with Gasteiger partial charge in [-0.05, 0) is 37.9 Å². The fraction of sp³-hybridized carbons (Fsp3) is 0.533. The normalized spacial score (nSPS) is 16.4. The standard InChI is InChI=1S/C15H20FNO/c1-17(10-12-6-2-3-7-12)11-15(18)13-8-4-5-9-14(13)16/h4-5,8-9,12H,2-3,6-7,10-11H2,1H3. The highest BCUT2D eigenvalue weighted by Crippen LogP contribution is 2.25. The Balaban J connectivity index is 1.88. The molecule has 0 bridgehead atoms. The summed E-state index contributed by atoms with van der Waals surface area (Å²) in [7, 11) is 1.94. The van der Waals surface area contributed by atoms with Crippen LogP contribution in [0.5, 0.6) is 0 Å². The van der Waals surface area contributed by atoms with Gasteiger partial charge >= 0.3 is 0 Å². The molecule has 98 valence electrons. The number of hydrogen-bond acceptors (Lipinski definition) is 2. The minimum Gasteiger partial charge on any atom is -0.299 e. The Morgan fingerprint density at radius 2 is 2.00 bits per heavy atom. The summed E-state index contributed by atoms with van der Waals surface area (Å²) in [5, 5.41) is 0. The van der Waals surface area contributed by atoms with E-state index < -0.39 is 5.82 Å². The second-order valence-electron chi connectivity index (χ2n) is 5.25. The van der Waals surface area contributed by atoms with Crippen LogP contribution in [0, 0.1) is 11.7 Å². The molecule has 0 amide bonds. The van der Waals surface area contributed by atoms with E-state index in [2.05, 4.69) is 0 Å². The lowest BCUT2D eigenvalue weighted by molar-refractivity contribution is 0.0934. The monoisotopic (exact) mass is 249 g/mol. The molecule has 1 saturated carbocycles. The van der Waals surface area contributed by atoms with Gasteiger partial charge in [-0.3, -0.25) is 9.69 Å². The molecule has 1 aromatic carbocycles. The highest BCUT2D eigenvalue weighted by atomic mass is 19.1. The molecule has 0 aliphatic heterocycles. The van der Waals surface area contributed by atoms with Crippen LogP contribution in [0.4, 0.5) is 4.39 Å². The summed E-state index contributed by atoms with van der Waals surface area (Å²) in [4.78, 5) is 14.0. The molecule has 0 heterocycles. The van der Waals surface area contributed by atoms with Crippen LogP contribution < -0.4 is 0 Å². The van der Waals surface area contributed by atoms with Crippen molar-refractivity contribution in [2.45, 2.75) is 25.7 Å². The molecule has 0 saturated heterocycles. The number of hydrogen-bond donors (Lipinski definition) is 0. The maximum absolute atomic E-state index is 13.5. The van der Waals surface area contributed by atoms with Crippen molar-refractivity contribution in [3.05, 3.63) is 35.6 Å². The Kier molecular flexibility index (Phi) is 4.48. The van der Waals surface area contributed by atoms with Gasteiger partial charge in [0.1, 0.15) is 5.82 Å². The van der Waals surface area contributed by atoms with Crippen molar-refractivity contribution in [3.8, 4) is 0 Å². The van der Waals surface area contributed by atoms with Crippen LogP contribution in [-0.4, -0.2) is 30.8 Å². The van der Waals surface area contributed by atoms with Crippen molar-refractivity contribution < 1.29 is 9.18 Å². The maximum Gasteiger partial charge on any atom is 0.179 e. The van der Waals surface area contributed by atoms with Crippen molar-refractivity contribution in [2.75, 3.05) is 20.1 Å². The maximum atomic E-state index is 13.5. The number of carbonyl (C=O) groups excluding carboxylic acids is 1. The molecule has 0 N–H and O–H groups in total. The SMILES string of the molecule is CN(CC(=O)c1ccccc1F)CC1CCCC1. The summed E-state index contributed by atoms with van der Waals surface area (Å²) in [5.74, 6) is 0.161. The minimum absolute atomic E-state index is 0.131. The summed E-state index contributed by atoms with van der Waals surface area (Å²) in [6, 6.07) is 6.20. The highest BCUT2D eigenvalue weighted by Gasteiger charge is 2.19. The van der Waals surface area contributed by atoms with Crippen molar-refractivity contribution in [1.29, 1.82) is 0 Å². The molecular formula is C15H20FNO. The fourth-order valence-electron chi connectivity index (χ4n) is 2.72. The molecule has 0 radical (unpaired) electrons. The third-order valence-electron chi connectivity index (χ3n) is 3.63. The molecule has 2 rings (SSSR count). The van der Waals surface area contributed by atoms with Gasteiger partial charge < -0.3 is 0 Å². The molecule has 3 heteroatoms. The predicted octanol–water partition coefficient (Wildman–Crippen LogP) is 3.13. The fourth-order valence-corrected chi connectivity index (χ4v) is 2.72. The van der Waals surface area contributed by atoms with E-state index in [1.54, 1.807) is 18.2 Å². The number of ketones is 1. The minimum atomic E-state index is -0.420. The molecule has 0 spiro atoms. The van der Waals surface area contributed by atoms with E-state index in [4.69, 9.17) is 0 Å². The lowest BCUT2D eigenvalue weighted by Crippen LogP contribution is -2.30. The lowest BCUT2D eigenvalue weighted by Gasteiger charge is -2.19. The second kappa shape index (κ2) is 6.10. The molecule has 2 nitrogen and oxygen atoms in total. The van der Waals surface area contributed by atoms with E-state index in [1.807, 2.05) is 11.9 Å². The average Bonchev–Trinajstić information content (AvgIpc) is 2.82. The van der Waals surface area contributed by atoms with Crippen LogP contribution in [-0.2, 0) is 0 Å². The first-order chi connectivity index (χ1) is 8.66. The Bertz CT molecular complexity index is 413. The molecular weight excluding hydrogens is 229 g/mol. The first-order valence-electron chi connectivity index (χ1n) is 6.63. The molecule has 1 aliphatic carbocycles. The molecule has 1 aromatic rings. The topological polar surface area (TPSA) is 20.3 Å². The van der Waals surface area contributed by atoms with Gasteiger partial charge in [0.2, 0.25) is 0 Å². The van der Waals surface area contributed by atoms with E-state index in [-0.39, 0.29) is 11.3 Å². The third-order valence-corrected chi connectivity index (χ3v) is 3.63. The van der Waals surface area contributed by atoms with Crippen LogP contribution in [0.1, 0.15) is 36.0 Å². The Morgan fingerprint density at radius 1 is 1.33 bits per heavy atom. The van der Waals surface area contributed by atoms with Crippen molar-refractivity contribution in [1.82, 2.24) is 4.90 Å². The largest absolute Gasteiger partial charge is 0.299 e. The number of likely N-dealkylation sites (N-methyl/N-ethyl adjacent to an activating group) is 1. The lowest BCUT2D eigenvalue weighted by atomic mass is 10.1. The third kappa shape index (κ3) is 3.39. The van der Waals surface area contributed by atoms with E-state index in [0.29, 0.717) is 12.5 Å². The number of nitrogens with zero attached hydrogens (tertiary/aromatic N) is 1. The van der Waals surface area contributed by atoms with Gasteiger partial charge in [-0.15, -0.1) is 0 Å². The summed E-state index contributed by atoms with van der Waals surface area (Å²) in [6.45, 7) is 1.25. The van der Waals surface area contributed by atoms with E-state index in [0.717, 1.165) is 6.54 Å². The Hall–Kier alpha value is -1.22. The highest BCUT2D eigenvalue weighted by molar-refractivity contribution is 5.97. The summed E-state index contributed by atoms with van der Waals surface area (Å²) in [6.07, 6.45) is 5.13. The Morgan fingerprint density at radius 3 is 2.67 bits per heavy atom. The predicted molar refractivity (Wildman–Crippen MR) is 70.2 cm³/mol. The van der Waals surface area contributed by atoms with Gasteiger partial charge in [0.05, 0.1) is 12.1 Å². The number of carbonyl (C=O) groups is 1. The first-order valence-corrected chi connectivity index (χ1v) is 6.63. The molecule has 0 aromatic heterocycles. The summed E-state index contributed by atoms with van der Waals surface area (Å²) >= 11 is 0. The van der Waals surface area contributed by atoms with Crippen molar-refractivity contribution in [2.24, 2.45) is 5.92 Å². The van der Waals surface area contributed by atoms with Crippen LogP contribution >= 0.6 is 0 Å². The zero-order chi connectivity index (χ0) is 13.0.